The summed E-state index contributed by atoms with van der Waals surface area (Å²) >= 11 is 0. The zero-order chi connectivity index (χ0) is 20.6. The molecule has 4 N–H and O–H groups in total. The van der Waals surface area contributed by atoms with Gasteiger partial charge in [-0.25, -0.2) is 13.6 Å². The van der Waals surface area contributed by atoms with Gasteiger partial charge < -0.3 is 15.4 Å². The molecule has 0 radical (unpaired) electrons. The summed E-state index contributed by atoms with van der Waals surface area (Å²) in [6.07, 6.45) is 1.10. The predicted molar refractivity (Wildman–Crippen MR) is 127 cm³/mol. The van der Waals surface area contributed by atoms with Crippen molar-refractivity contribution in [1.82, 2.24) is 15.5 Å². The van der Waals surface area contributed by atoms with E-state index in [0.717, 1.165) is 44.8 Å². The number of ether oxygens (including phenoxy) is 1. The number of morpholine rings is 1. The van der Waals surface area contributed by atoms with Crippen molar-refractivity contribution in [3.05, 3.63) is 29.8 Å². The maximum absolute atomic E-state index is 11.5. The Labute approximate surface area is 191 Å². The van der Waals surface area contributed by atoms with Crippen LogP contribution in [-0.2, 0) is 21.3 Å². The van der Waals surface area contributed by atoms with Crippen molar-refractivity contribution in [2.45, 2.75) is 37.8 Å². The molecular weight excluding hydrogens is 505 g/mol. The normalized spacial score (nSPS) is 16.9. The number of sulfonamides is 1. The fourth-order valence-electron chi connectivity index (χ4n) is 3.30. The van der Waals surface area contributed by atoms with E-state index < -0.39 is 10.0 Å². The number of nitrogens with two attached hydrogens (primary N) is 1. The van der Waals surface area contributed by atoms with Crippen LogP contribution in [0.1, 0.15) is 25.8 Å². The topological polar surface area (TPSA) is 109 Å². The lowest BCUT2D eigenvalue weighted by molar-refractivity contribution is 0.0132. The van der Waals surface area contributed by atoms with E-state index in [0.29, 0.717) is 24.5 Å². The van der Waals surface area contributed by atoms with Gasteiger partial charge in [-0.2, -0.15) is 0 Å². The smallest absolute Gasteiger partial charge is 0.238 e. The van der Waals surface area contributed by atoms with Gasteiger partial charge in [-0.1, -0.05) is 26.0 Å². The molecule has 1 aliphatic heterocycles. The van der Waals surface area contributed by atoms with Crippen molar-refractivity contribution in [1.29, 1.82) is 0 Å². The SMILES string of the molecule is CN=C(NCc1cccc(S(N)(=O)=O)c1)NCC(CC(C)C)N1CCOCC1.I. The summed E-state index contributed by atoms with van der Waals surface area (Å²) in [7, 11) is -1.98. The minimum atomic E-state index is -3.70. The summed E-state index contributed by atoms with van der Waals surface area (Å²) in [5.74, 6) is 1.29. The fraction of sp³-hybridized carbons (Fsp3) is 0.632. The Morgan fingerprint density at radius 2 is 1.97 bits per heavy atom. The lowest BCUT2D eigenvalue weighted by Gasteiger charge is -2.35. The Bertz CT molecular complexity index is 752. The third kappa shape index (κ3) is 9.16. The van der Waals surface area contributed by atoms with Crippen molar-refractivity contribution in [2.24, 2.45) is 16.0 Å². The zero-order valence-corrected chi connectivity index (χ0v) is 20.6. The molecule has 0 aromatic heterocycles. The summed E-state index contributed by atoms with van der Waals surface area (Å²) in [6.45, 7) is 9.17. The number of nitrogens with zero attached hydrogens (tertiary/aromatic N) is 2. The highest BCUT2D eigenvalue weighted by Gasteiger charge is 2.22. The lowest BCUT2D eigenvalue weighted by Crippen LogP contribution is -2.50. The van der Waals surface area contributed by atoms with Gasteiger partial charge in [0.2, 0.25) is 10.0 Å². The summed E-state index contributed by atoms with van der Waals surface area (Å²) in [6, 6.07) is 7.01. The van der Waals surface area contributed by atoms with E-state index in [1.54, 1.807) is 19.2 Å². The molecular formula is C19H34IN5O3S. The Balaban J connectivity index is 0.00000420. The van der Waals surface area contributed by atoms with Crippen molar-refractivity contribution in [3.8, 4) is 0 Å². The standard InChI is InChI=1S/C19H33N5O3S.HI/c1-15(2)11-17(24-7-9-27-10-8-24)14-23-19(21-3)22-13-16-5-4-6-18(12-16)28(20,25)26;/h4-6,12,15,17H,7-11,13-14H2,1-3H3,(H2,20,25,26)(H2,21,22,23);1H. The number of aliphatic imine (C=N–C) groups is 1. The first-order valence-corrected chi connectivity index (χ1v) is 11.2. The number of hydrogen-bond acceptors (Lipinski definition) is 5. The largest absolute Gasteiger partial charge is 0.379 e. The minimum absolute atomic E-state index is 0. The minimum Gasteiger partial charge on any atom is -0.379 e. The van der Waals surface area contributed by atoms with Crippen LogP contribution < -0.4 is 15.8 Å². The van der Waals surface area contributed by atoms with E-state index in [1.165, 1.54) is 6.07 Å². The molecule has 1 heterocycles. The second-order valence-corrected chi connectivity index (χ2v) is 8.99. The van der Waals surface area contributed by atoms with Crippen LogP contribution >= 0.6 is 24.0 Å². The van der Waals surface area contributed by atoms with Gasteiger partial charge in [0.15, 0.2) is 5.96 Å². The van der Waals surface area contributed by atoms with Gasteiger partial charge in [0, 0.05) is 39.3 Å². The number of hydrogen-bond donors (Lipinski definition) is 3. The second-order valence-electron chi connectivity index (χ2n) is 7.43. The molecule has 0 saturated carbocycles. The van der Waals surface area contributed by atoms with Gasteiger partial charge in [-0.05, 0) is 30.0 Å². The Morgan fingerprint density at radius 1 is 1.28 bits per heavy atom. The van der Waals surface area contributed by atoms with E-state index in [1.807, 2.05) is 6.07 Å². The first-order valence-electron chi connectivity index (χ1n) is 9.67. The van der Waals surface area contributed by atoms with Crippen LogP contribution in [0.15, 0.2) is 34.2 Å². The molecule has 1 aliphatic rings. The van der Waals surface area contributed by atoms with E-state index >= 15 is 0 Å². The van der Waals surface area contributed by atoms with Gasteiger partial charge in [-0.15, -0.1) is 24.0 Å². The summed E-state index contributed by atoms with van der Waals surface area (Å²) in [5.41, 5.74) is 0.821. The molecule has 1 saturated heterocycles. The molecule has 0 bridgehead atoms. The van der Waals surface area contributed by atoms with Gasteiger partial charge in [0.25, 0.3) is 0 Å². The molecule has 8 nitrogen and oxygen atoms in total. The van der Waals surface area contributed by atoms with Gasteiger partial charge in [0.1, 0.15) is 0 Å². The van der Waals surface area contributed by atoms with Crippen molar-refractivity contribution in [2.75, 3.05) is 39.9 Å². The Morgan fingerprint density at radius 3 is 2.55 bits per heavy atom. The average molecular weight is 539 g/mol. The number of primary sulfonamides is 1. The van der Waals surface area contributed by atoms with Crippen molar-refractivity contribution >= 4 is 40.0 Å². The average Bonchev–Trinajstić information content (AvgIpc) is 2.67. The lowest BCUT2D eigenvalue weighted by atomic mass is 10.0. The molecule has 0 spiro atoms. The summed E-state index contributed by atoms with van der Waals surface area (Å²) in [5, 5.41) is 11.8. The quantitative estimate of drug-likeness (QED) is 0.262. The van der Waals surface area contributed by atoms with Crippen LogP contribution in [0.25, 0.3) is 0 Å². The van der Waals surface area contributed by atoms with E-state index in [-0.39, 0.29) is 28.9 Å². The third-order valence-electron chi connectivity index (χ3n) is 4.72. The number of rotatable bonds is 8. The van der Waals surface area contributed by atoms with Gasteiger partial charge in [-0.3, -0.25) is 9.89 Å². The molecule has 166 valence electrons. The van der Waals surface area contributed by atoms with Crippen molar-refractivity contribution < 1.29 is 13.2 Å². The molecule has 1 aromatic rings. The summed E-state index contributed by atoms with van der Waals surface area (Å²) in [4.78, 5) is 6.86. The molecule has 1 aromatic carbocycles. The van der Waals surface area contributed by atoms with Crippen LogP contribution in [0.2, 0.25) is 0 Å². The van der Waals surface area contributed by atoms with Crippen LogP contribution in [-0.4, -0.2) is 65.2 Å². The van der Waals surface area contributed by atoms with Gasteiger partial charge >= 0.3 is 0 Å². The molecule has 1 atom stereocenters. The molecule has 10 heteroatoms. The number of benzene rings is 1. The van der Waals surface area contributed by atoms with Crippen molar-refractivity contribution in [3.63, 3.8) is 0 Å². The fourth-order valence-corrected chi connectivity index (χ4v) is 3.89. The Hall–Kier alpha value is -0.950. The van der Waals surface area contributed by atoms with Gasteiger partial charge in [0.05, 0.1) is 18.1 Å². The maximum Gasteiger partial charge on any atom is 0.238 e. The first-order chi connectivity index (χ1) is 13.3. The monoisotopic (exact) mass is 539 g/mol. The van der Waals surface area contributed by atoms with Crippen LogP contribution in [0.4, 0.5) is 0 Å². The maximum atomic E-state index is 11.5. The Kier molecular flexibility index (Phi) is 11.4. The molecule has 0 amide bonds. The molecule has 1 unspecified atom stereocenters. The highest BCUT2D eigenvalue weighted by Crippen LogP contribution is 2.13. The third-order valence-corrected chi connectivity index (χ3v) is 5.63. The second kappa shape index (κ2) is 12.7. The molecule has 2 rings (SSSR count). The van der Waals surface area contributed by atoms with E-state index in [2.05, 4.69) is 34.4 Å². The molecule has 1 fully saturated rings. The van der Waals surface area contributed by atoms with E-state index in [9.17, 15) is 8.42 Å². The molecule has 29 heavy (non-hydrogen) atoms. The highest BCUT2D eigenvalue weighted by atomic mass is 127. The predicted octanol–water partition coefficient (Wildman–Crippen LogP) is 1.36. The number of halogens is 1. The van der Waals surface area contributed by atoms with Crippen LogP contribution in [0.5, 0.6) is 0 Å². The highest BCUT2D eigenvalue weighted by molar-refractivity contribution is 14.0. The van der Waals surface area contributed by atoms with E-state index in [4.69, 9.17) is 9.88 Å². The summed E-state index contributed by atoms with van der Waals surface area (Å²) < 4.78 is 28.5. The number of guanidine groups is 1. The number of nitrogens with one attached hydrogen (secondary N) is 2. The first kappa shape index (κ1) is 26.1. The zero-order valence-electron chi connectivity index (χ0n) is 17.4. The van der Waals surface area contributed by atoms with Crippen LogP contribution in [0, 0.1) is 5.92 Å². The van der Waals surface area contributed by atoms with Crippen LogP contribution in [0.3, 0.4) is 0 Å². The molecule has 0 aliphatic carbocycles.